The van der Waals surface area contributed by atoms with E-state index in [-0.39, 0.29) is 29.5 Å². The van der Waals surface area contributed by atoms with Crippen LogP contribution < -0.4 is 9.62 Å². The average Bonchev–Trinajstić information content (AvgIpc) is 3.59. The second-order valence-corrected chi connectivity index (χ2v) is 10.6. The van der Waals surface area contributed by atoms with Gasteiger partial charge in [0.1, 0.15) is 0 Å². The summed E-state index contributed by atoms with van der Waals surface area (Å²) in [5.74, 6) is -0.213. The first-order valence-corrected chi connectivity index (χ1v) is 13.3. The summed E-state index contributed by atoms with van der Waals surface area (Å²) in [6, 6.07) is 15.2. The fourth-order valence-corrected chi connectivity index (χ4v) is 6.00. The summed E-state index contributed by atoms with van der Waals surface area (Å²) in [5.41, 5.74) is 3.61. The van der Waals surface area contributed by atoms with Gasteiger partial charge in [-0.3, -0.25) is 4.79 Å². The van der Waals surface area contributed by atoms with Gasteiger partial charge in [-0.2, -0.15) is 0 Å². The Morgan fingerprint density at radius 1 is 1.18 bits per heavy atom. The third kappa shape index (κ3) is 4.19. The van der Waals surface area contributed by atoms with Crippen LogP contribution in [-0.2, 0) is 19.6 Å². The van der Waals surface area contributed by atoms with Crippen molar-refractivity contribution in [2.45, 2.75) is 37.3 Å². The Morgan fingerprint density at radius 2 is 1.97 bits per heavy atom. The monoisotopic (exact) mass is 482 g/mol. The zero-order chi connectivity index (χ0) is 23.9. The topological polar surface area (TPSA) is 94.7 Å². The van der Waals surface area contributed by atoms with E-state index in [1.54, 1.807) is 17.0 Å². The SMILES string of the molecule is CCN(CC)c1ccc(S(=O)(=O)NCC(=O)N2CC3CC2CO3)cc1-c1cc2ccccc2[nH]1. The lowest BCUT2D eigenvalue weighted by atomic mass is 10.1. The van der Waals surface area contributed by atoms with Crippen LogP contribution in [0.25, 0.3) is 22.2 Å². The molecule has 2 N–H and O–H groups in total. The smallest absolute Gasteiger partial charge is 0.241 e. The molecule has 180 valence electrons. The number of hydrogen-bond donors (Lipinski definition) is 2. The first kappa shape index (κ1) is 22.9. The first-order chi connectivity index (χ1) is 16.4. The molecule has 3 heterocycles. The van der Waals surface area contributed by atoms with Crippen LogP contribution in [0.4, 0.5) is 5.69 Å². The van der Waals surface area contributed by atoms with Crippen molar-refractivity contribution in [3.05, 3.63) is 48.5 Å². The number of carbonyl (C=O) groups excluding carboxylic acids is 1. The molecule has 2 saturated heterocycles. The highest BCUT2D eigenvalue weighted by atomic mass is 32.2. The number of H-pyrrole nitrogens is 1. The van der Waals surface area contributed by atoms with Crippen LogP contribution in [0.15, 0.2) is 53.4 Å². The van der Waals surface area contributed by atoms with Crippen LogP contribution in [0, 0.1) is 0 Å². The lowest BCUT2D eigenvalue weighted by molar-refractivity contribution is -0.134. The molecule has 9 heteroatoms. The summed E-state index contributed by atoms with van der Waals surface area (Å²) in [6.45, 7) is 6.55. The maximum absolute atomic E-state index is 13.2. The minimum atomic E-state index is -3.88. The number of nitrogens with one attached hydrogen (secondary N) is 2. The quantitative estimate of drug-likeness (QED) is 0.515. The molecular formula is C25H30N4O4S. The summed E-state index contributed by atoms with van der Waals surface area (Å²) in [7, 11) is -3.88. The Bertz CT molecular complexity index is 1280. The minimum absolute atomic E-state index is 0.0592. The molecule has 3 aromatic rings. The molecule has 0 aliphatic carbocycles. The lowest BCUT2D eigenvalue weighted by Gasteiger charge is -2.27. The van der Waals surface area contributed by atoms with E-state index in [4.69, 9.17) is 4.74 Å². The molecule has 2 bridgehead atoms. The molecule has 2 atom stereocenters. The molecule has 5 rings (SSSR count). The molecule has 8 nitrogen and oxygen atoms in total. The molecule has 2 fully saturated rings. The van der Waals surface area contributed by atoms with Gasteiger partial charge >= 0.3 is 0 Å². The average molecular weight is 483 g/mol. The normalized spacial score (nSPS) is 19.8. The van der Waals surface area contributed by atoms with Crippen LogP contribution in [-0.4, -0.2) is 69.1 Å². The first-order valence-electron chi connectivity index (χ1n) is 11.8. The summed E-state index contributed by atoms with van der Waals surface area (Å²) in [4.78, 5) is 20.1. The van der Waals surface area contributed by atoms with Crippen molar-refractivity contribution >= 4 is 32.5 Å². The molecule has 2 aliphatic rings. The Balaban J connectivity index is 1.44. The minimum Gasteiger partial charge on any atom is -0.374 e. The van der Waals surface area contributed by atoms with Gasteiger partial charge in [0.25, 0.3) is 0 Å². The number of likely N-dealkylation sites (tertiary alicyclic amines) is 1. The van der Waals surface area contributed by atoms with Gasteiger partial charge in [0, 0.05) is 47.5 Å². The van der Waals surface area contributed by atoms with Crippen molar-refractivity contribution < 1.29 is 17.9 Å². The Hall–Kier alpha value is -2.88. The number of amides is 1. The number of carbonyl (C=O) groups is 1. The fraction of sp³-hybridized carbons (Fsp3) is 0.400. The number of morpholine rings is 1. The maximum Gasteiger partial charge on any atom is 0.241 e. The molecule has 2 unspecified atom stereocenters. The molecule has 0 radical (unpaired) electrons. The number of rotatable bonds is 8. The van der Waals surface area contributed by atoms with Crippen LogP contribution in [0.5, 0.6) is 0 Å². The second-order valence-electron chi connectivity index (χ2n) is 8.84. The van der Waals surface area contributed by atoms with Crippen LogP contribution in [0.1, 0.15) is 20.3 Å². The van der Waals surface area contributed by atoms with E-state index in [0.29, 0.717) is 13.2 Å². The Morgan fingerprint density at radius 3 is 2.65 bits per heavy atom. The van der Waals surface area contributed by atoms with E-state index in [9.17, 15) is 13.2 Å². The zero-order valence-corrected chi connectivity index (χ0v) is 20.3. The largest absolute Gasteiger partial charge is 0.374 e. The van der Waals surface area contributed by atoms with E-state index in [1.165, 1.54) is 0 Å². The van der Waals surface area contributed by atoms with Crippen LogP contribution in [0.2, 0.25) is 0 Å². The number of anilines is 1. The van der Waals surface area contributed by atoms with Gasteiger partial charge in [0.15, 0.2) is 0 Å². The van der Waals surface area contributed by atoms with Crippen molar-refractivity contribution in [2.24, 2.45) is 0 Å². The Kier molecular flexibility index (Phi) is 6.09. The van der Waals surface area contributed by atoms with Gasteiger partial charge in [0.05, 0.1) is 30.2 Å². The molecule has 2 aliphatic heterocycles. The third-order valence-electron chi connectivity index (χ3n) is 6.84. The third-order valence-corrected chi connectivity index (χ3v) is 8.24. The molecule has 0 saturated carbocycles. The highest BCUT2D eigenvalue weighted by Gasteiger charge is 2.41. The summed E-state index contributed by atoms with van der Waals surface area (Å²) in [5, 5.41) is 1.06. The Labute approximate surface area is 199 Å². The van der Waals surface area contributed by atoms with E-state index in [2.05, 4.69) is 28.5 Å². The number of para-hydroxylation sites is 1. The van der Waals surface area contributed by atoms with Gasteiger partial charge in [-0.1, -0.05) is 18.2 Å². The molecule has 2 aromatic carbocycles. The number of benzene rings is 2. The van der Waals surface area contributed by atoms with Gasteiger partial charge in [-0.25, -0.2) is 13.1 Å². The van der Waals surface area contributed by atoms with E-state index >= 15 is 0 Å². The van der Waals surface area contributed by atoms with Gasteiger partial charge < -0.3 is 19.5 Å². The number of ether oxygens (including phenoxy) is 1. The van der Waals surface area contributed by atoms with Crippen LogP contribution >= 0.6 is 0 Å². The molecule has 0 spiro atoms. The summed E-state index contributed by atoms with van der Waals surface area (Å²) in [6.07, 6.45) is 0.913. The zero-order valence-electron chi connectivity index (χ0n) is 19.5. The van der Waals surface area contributed by atoms with Crippen molar-refractivity contribution in [3.63, 3.8) is 0 Å². The van der Waals surface area contributed by atoms with Crippen molar-refractivity contribution in [3.8, 4) is 11.3 Å². The van der Waals surface area contributed by atoms with E-state index in [1.807, 2.05) is 36.4 Å². The fourth-order valence-electron chi connectivity index (χ4n) is 5.00. The molecule has 34 heavy (non-hydrogen) atoms. The highest BCUT2D eigenvalue weighted by Crippen LogP contribution is 2.34. The van der Waals surface area contributed by atoms with Crippen molar-refractivity contribution in [1.29, 1.82) is 0 Å². The number of aromatic amines is 1. The molecule has 1 amide bonds. The van der Waals surface area contributed by atoms with Gasteiger partial charge in [-0.05, 0) is 50.6 Å². The second kappa shape index (κ2) is 9.05. The predicted molar refractivity (Wildman–Crippen MR) is 132 cm³/mol. The summed E-state index contributed by atoms with van der Waals surface area (Å²) >= 11 is 0. The number of hydrogen-bond acceptors (Lipinski definition) is 5. The predicted octanol–water partition coefficient (Wildman–Crippen LogP) is 2.96. The maximum atomic E-state index is 13.2. The highest BCUT2D eigenvalue weighted by molar-refractivity contribution is 7.89. The van der Waals surface area contributed by atoms with E-state index < -0.39 is 10.0 Å². The standard InChI is InChI=1S/C25H30N4O4S/c1-3-28(4-2)24-10-9-20(13-21(24)23-11-17-7-5-6-8-22(17)27-23)34(31,32)26-14-25(30)29-15-19-12-18(29)16-33-19/h5-11,13,18-19,26-27H,3-4,12,14-16H2,1-2H3. The number of fused-ring (bicyclic) bond motifs is 3. The summed E-state index contributed by atoms with van der Waals surface area (Å²) < 4.78 is 34.4. The number of aromatic nitrogens is 1. The lowest BCUT2D eigenvalue weighted by Crippen LogP contribution is -2.46. The van der Waals surface area contributed by atoms with Crippen LogP contribution in [0.3, 0.4) is 0 Å². The van der Waals surface area contributed by atoms with Crippen molar-refractivity contribution in [2.75, 3.05) is 37.7 Å². The van der Waals surface area contributed by atoms with Gasteiger partial charge in [0.2, 0.25) is 15.9 Å². The molecule has 1 aromatic heterocycles. The molecular weight excluding hydrogens is 452 g/mol. The van der Waals surface area contributed by atoms with E-state index in [0.717, 1.165) is 47.4 Å². The number of sulfonamides is 1. The van der Waals surface area contributed by atoms with Gasteiger partial charge in [-0.15, -0.1) is 0 Å². The number of nitrogens with zero attached hydrogens (tertiary/aromatic N) is 2. The van der Waals surface area contributed by atoms with Crippen molar-refractivity contribution in [1.82, 2.24) is 14.6 Å².